The van der Waals surface area contributed by atoms with Crippen LogP contribution in [0.1, 0.15) is 0 Å². The first-order chi connectivity index (χ1) is 61.5. The highest BCUT2D eigenvalue weighted by atomic mass is 32.1. The molecule has 8 aromatic heterocycles. The van der Waals surface area contributed by atoms with Gasteiger partial charge in [-0.15, -0.1) is 22.7 Å². The highest BCUT2D eigenvalue weighted by Gasteiger charge is 2.27. The van der Waals surface area contributed by atoms with Crippen LogP contribution in [0.3, 0.4) is 0 Å². The molecule has 124 heavy (non-hydrogen) atoms. The number of rotatable bonds is 14. The summed E-state index contributed by atoms with van der Waals surface area (Å²) in [4.78, 5) is 42.1. The molecule has 0 spiro atoms. The summed E-state index contributed by atoms with van der Waals surface area (Å²) in [5.74, 6) is 3.52. The zero-order valence-electron chi connectivity index (χ0n) is 66.7. The maximum absolute atomic E-state index is 5.48. The Kier molecular flexibility index (Phi) is 18.4. The quantitative estimate of drug-likeness (QED) is 0.106. The molecule has 12 heteroatoms. The third-order valence-corrected chi connectivity index (χ3v) is 25.7. The number of fused-ring (bicyclic) bond motifs is 14. The lowest BCUT2D eigenvalue weighted by atomic mass is 9.93. The van der Waals surface area contributed by atoms with Crippen LogP contribution in [-0.4, -0.2) is 49.0 Å². The van der Waals surface area contributed by atoms with Crippen molar-refractivity contribution in [3.05, 3.63) is 425 Å². The lowest BCUT2D eigenvalue weighted by Crippen LogP contribution is -2.02. The highest BCUT2D eigenvalue weighted by Crippen LogP contribution is 2.50. The molecule has 0 saturated heterocycles. The molecule has 0 N–H and O–H groups in total. The predicted molar refractivity (Wildman–Crippen MR) is 515 cm³/mol. The molecule has 0 bridgehead atoms. The van der Waals surface area contributed by atoms with Crippen molar-refractivity contribution in [2.24, 2.45) is 0 Å². The second kappa shape index (κ2) is 31.2. The summed E-state index contributed by atoms with van der Waals surface area (Å²) in [6.07, 6.45) is 4.02. The summed E-state index contributed by atoms with van der Waals surface area (Å²) in [7, 11) is 0. The van der Waals surface area contributed by atoms with Gasteiger partial charge in [0.2, 0.25) is 0 Å². The Morgan fingerprint density at radius 1 is 0.185 bits per heavy atom. The van der Waals surface area contributed by atoms with Gasteiger partial charge in [0.15, 0.2) is 34.9 Å². The first-order valence-corrected chi connectivity index (χ1v) is 43.1. The highest BCUT2D eigenvalue weighted by molar-refractivity contribution is 7.26. The Morgan fingerprint density at radius 2 is 0.516 bits per heavy atom. The maximum Gasteiger partial charge on any atom is 0.166 e. The van der Waals surface area contributed by atoms with Crippen LogP contribution in [0.25, 0.3) is 231 Å². The lowest BCUT2D eigenvalue weighted by Gasteiger charge is -2.16. The van der Waals surface area contributed by atoms with E-state index in [-0.39, 0.29) is 0 Å². The summed E-state index contributed by atoms with van der Waals surface area (Å²) in [6.45, 7) is 0. The fraction of sp³-hybridized carbons (Fsp3) is 0. The summed E-state index contributed by atoms with van der Waals surface area (Å²) < 4.78 is 9.71. The minimum Gasteiger partial charge on any atom is -0.309 e. The molecule has 10 nitrogen and oxygen atoms in total. The second-order valence-corrected chi connectivity index (χ2v) is 32.9. The third-order valence-electron chi connectivity index (χ3n) is 23.4. The van der Waals surface area contributed by atoms with Crippen LogP contribution < -0.4 is 0 Å². The first kappa shape index (κ1) is 73.1. The zero-order chi connectivity index (χ0) is 82.0. The summed E-state index contributed by atoms with van der Waals surface area (Å²) in [6, 6.07) is 144. The Bertz CT molecular complexity index is 8090. The van der Waals surface area contributed by atoms with Gasteiger partial charge in [-0.05, 0) is 112 Å². The topological polar surface area (TPSA) is 113 Å². The molecule has 0 aliphatic carbocycles. The van der Waals surface area contributed by atoms with E-state index in [1.165, 1.54) is 78.6 Å². The Hall–Kier alpha value is -16.1. The summed E-state index contributed by atoms with van der Waals surface area (Å²) in [5.41, 5.74) is 24.5. The average Bonchev–Trinajstić information content (AvgIpc) is 1.56. The van der Waals surface area contributed by atoms with E-state index in [2.05, 4.69) is 325 Å². The Balaban J connectivity index is 0.000000143. The van der Waals surface area contributed by atoms with E-state index in [4.69, 9.17) is 39.9 Å². The molecule has 0 aliphatic rings. The van der Waals surface area contributed by atoms with E-state index < -0.39 is 0 Å². The van der Waals surface area contributed by atoms with Crippen molar-refractivity contribution in [1.82, 2.24) is 49.0 Å². The lowest BCUT2D eigenvalue weighted by molar-refractivity contribution is 1.07. The summed E-state index contributed by atoms with van der Waals surface area (Å²) in [5, 5.41) is 9.68. The molecule has 24 aromatic rings. The minimum absolute atomic E-state index is 0.555. The van der Waals surface area contributed by atoms with Gasteiger partial charge in [-0.25, -0.2) is 29.9 Å². The van der Waals surface area contributed by atoms with Crippen LogP contribution in [0.5, 0.6) is 0 Å². The van der Waals surface area contributed by atoms with Crippen molar-refractivity contribution >= 4 is 107 Å². The number of hydrogen-bond donors (Lipinski definition) is 0. The molecule has 24 rings (SSSR count). The van der Waals surface area contributed by atoms with E-state index in [9.17, 15) is 0 Å². The van der Waals surface area contributed by atoms with Crippen LogP contribution in [0.4, 0.5) is 0 Å². The van der Waals surface area contributed by atoms with Crippen LogP contribution >= 0.6 is 22.7 Å². The number of hydrogen-bond acceptors (Lipinski definition) is 10. The van der Waals surface area contributed by atoms with Gasteiger partial charge in [-0.2, -0.15) is 0 Å². The van der Waals surface area contributed by atoms with Crippen LogP contribution in [0.15, 0.2) is 425 Å². The first-order valence-electron chi connectivity index (χ1n) is 41.4. The largest absolute Gasteiger partial charge is 0.309 e. The van der Waals surface area contributed by atoms with Crippen molar-refractivity contribution in [1.29, 1.82) is 0 Å². The normalized spacial score (nSPS) is 11.5. The van der Waals surface area contributed by atoms with E-state index in [0.717, 1.165) is 117 Å². The Morgan fingerprint density at radius 3 is 0.968 bits per heavy atom. The van der Waals surface area contributed by atoms with Gasteiger partial charge in [0.1, 0.15) is 0 Å². The molecule has 0 atom stereocenters. The van der Waals surface area contributed by atoms with E-state index in [1.54, 1.807) is 0 Å². The van der Waals surface area contributed by atoms with Crippen LogP contribution in [0.2, 0.25) is 0 Å². The molecular weight excluding hydrogens is 1550 g/mol. The van der Waals surface area contributed by atoms with E-state index in [1.807, 2.05) is 132 Å². The number of aromatic nitrogens is 10. The van der Waals surface area contributed by atoms with Crippen molar-refractivity contribution < 1.29 is 0 Å². The van der Waals surface area contributed by atoms with Crippen molar-refractivity contribution in [3.63, 3.8) is 0 Å². The maximum atomic E-state index is 5.48. The standard InChI is InChI=1S/2C56H35N5S/c1-5-18-36(19-6-1)41-26-13-14-27-42(41)39-34-46(56-59-54(37-20-7-2-8-21-37)58-55(60-56)38-22-9-3-10-23-38)52(57-35-39)45-29-17-31-48-50(45)51-49(62-48)33-32-44-43-28-15-16-30-47(43)61(53(44)51)40-24-11-4-12-25-40;1-5-17-36(18-6-1)42-25-13-14-26-43(42)40-34-47(56-59-54(37-19-7-2-8-20-37)58-55(60-56)38-21-9-3-10-22-38)52(57-35-40)39-29-31-49-46(33-39)51-50(62-49)32-30-45-44-27-15-16-28-48(44)61(53(45)51)41-23-11-4-12-24-41/h2*1-35H. The molecular formula is C112H70N10S2. The van der Waals surface area contributed by atoms with Crippen molar-refractivity contribution in [2.45, 2.75) is 0 Å². The van der Waals surface area contributed by atoms with Gasteiger partial charge >= 0.3 is 0 Å². The molecule has 0 radical (unpaired) electrons. The van der Waals surface area contributed by atoms with E-state index in [0.29, 0.717) is 34.9 Å². The summed E-state index contributed by atoms with van der Waals surface area (Å²) >= 11 is 3.64. The van der Waals surface area contributed by atoms with Crippen molar-refractivity contribution in [2.75, 3.05) is 0 Å². The SMILES string of the molecule is c1ccc(-c2nc(-c3ccccc3)nc(-c3cc(-c4ccccc4-c4ccccc4)cnc3-c3ccc4sc5ccc6c7ccccc7n(-c7ccccc7)c6c5c4c3)n2)cc1.c1ccc(-c2nc(-c3ccccc3)nc(-c3cc(-c4ccccc4-c4ccccc4)cnc3-c3cccc4sc5ccc6c7ccccc7n(-c7ccccc7)c6c5c34)n2)cc1. The molecule has 8 heterocycles. The third kappa shape index (κ3) is 13.0. The number of para-hydroxylation sites is 4. The predicted octanol–water partition coefficient (Wildman–Crippen LogP) is 29.5. The number of nitrogens with zero attached hydrogens (tertiary/aromatic N) is 10. The van der Waals surface area contributed by atoms with Crippen LogP contribution in [-0.2, 0) is 0 Å². The van der Waals surface area contributed by atoms with Gasteiger partial charge in [-0.1, -0.05) is 334 Å². The van der Waals surface area contributed by atoms with Crippen LogP contribution in [0, 0.1) is 0 Å². The monoisotopic (exact) mass is 1620 g/mol. The van der Waals surface area contributed by atoms with Gasteiger partial charge in [0.05, 0.1) is 33.5 Å². The molecule has 580 valence electrons. The molecule has 16 aromatic carbocycles. The van der Waals surface area contributed by atoms with Gasteiger partial charge in [-0.3, -0.25) is 9.97 Å². The van der Waals surface area contributed by atoms with Gasteiger partial charge in [0.25, 0.3) is 0 Å². The number of thiophene rings is 2. The molecule has 0 saturated carbocycles. The van der Waals surface area contributed by atoms with E-state index >= 15 is 0 Å². The van der Waals surface area contributed by atoms with Gasteiger partial charge < -0.3 is 9.13 Å². The second-order valence-electron chi connectivity index (χ2n) is 30.8. The number of benzene rings is 16. The molecule has 0 amide bonds. The molecule has 0 unspecified atom stereocenters. The van der Waals surface area contributed by atoms with Gasteiger partial charge in [0, 0.05) is 141 Å². The fourth-order valence-electron chi connectivity index (χ4n) is 17.8. The Labute approximate surface area is 722 Å². The minimum atomic E-state index is 0.555. The molecule has 0 aliphatic heterocycles. The zero-order valence-corrected chi connectivity index (χ0v) is 68.3. The molecule has 0 fully saturated rings. The smallest absolute Gasteiger partial charge is 0.166 e. The number of pyridine rings is 2. The average molecular weight is 1620 g/mol. The van der Waals surface area contributed by atoms with Crippen molar-refractivity contribution in [3.8, 4) is 147 Å². The fourth-order valence-corrected chi connectivity index (χ4v) is 20.0.